The second-order valence-electron chi connectivity index (χ2n) is 8.10. The lowest BCUT2D eigenvalue weighted by molar-refractivity contribution is -0.0178. The third-order valence-corrected chi connectivity index (χ3v) is 7.08. The molecule has 4 heterocycles. The van der Waals surface area contributed by atoms with Crippen LogP contribution in [0.25, 0.3) is 0 Å². The Morgan fingerprint density at radius 2 is 1.93 bits per heavy atom. The molecule has 2 aromatic rings. The number of aromatic nitrogens is 1. The fourth-order valence-corrected chi connectivity index (χ4v) is 5.52. The number of benzene rings is 1. The van der Waals surface area contributed by atoms with Crippen molar-refractivity contribution in [1.82, 2.24) is 19.7 Å². The van der Waals surface area contributed by atoms with Gasteiger partial charge in [0.05, 0.1) is 5.51 Å². The normalized spacial score (nSPS) is 26.7. The molecule has 0 bridgehead atoms. The van der Waals surface area contributed by atoms with Gasteiger partial charge in [0, 0.05) is 49.6 Å². The molecule has 0 spiro atoms. The third kappa shape index (κ3) is 3.42. The summed E-state index contributed by atoms with van der Waals surface area (Å²) in [6.07, 6.45) is 2.49. The summed E-state index contributed by atoms with van der Waals surface area (Å²) < 4.78 is 0. The largest absolute Gasteiger partial charge is 0.335 e. The first-order valence-corrected chi connectivity index (χ1v) is 10.9. The summed E-state index contributed by atoms with van der Waals surface area (Å²) in [4.78, 5) is 24.0. The number of carbonyl (C=O) groups is 1. The Labute approximate surface area is 164 Å². The van der Waals surface area contributed by atoms with Gasteiger partial charge in [-0.1, -0.05) is 30.3 Å². The predicted octanol–water partition coefficient (Wildman–Crippen LogP) is 2.56. The van der Waals surface area contributed by atoms with Gasteiger partial charge in [0.1, 0.15) is 5.69 Å². The summed E-state index contributed by atoms with van der Waals surface area (Å²) in [6.45, 7) is 6.36. The van der Waals surface area contributed by atoms with Gasteiger partial charge in [-0.25, -0.2) is 4.98 Å². The number of nitrogens with zero attached hydrogens (tertiary/aromatic N) is 4. The minimum absolute atomic E-state index is 0.114. The van der Waals surface area contributed by atoms with Crippen molar-refractivity contribution in [3.63, 3.8) is 0 Å². The molecule has 0 N–H and O–H groups in total. The van der Waals surface area contributed by atoms with E-state index in [-0.39, 0.29) is 5.91 Å². The van der Waals surface area contributed by atoms with E-state index in [0.29, 0.717) is 23.7 Å². The highest BCUT2D eigenvalue weighted by Gasteiger charge is 2.49. The lowest BCUT2D eigenvalue weighted by Gasteiger charge is -2.50. The Bertz CT molecular complexity index is 773. The summed E-state index contributed by atoms with van der Waals surface area (Å²) >= 11 is 1.49. The van der Waals surface area contributed by atoms with E-state index in [2.05, 4.69) is 45.1 Å². The Morgan fingerprint density at radius 1 is 1.11 bits per heavy atom. The van der Waals surface area contributed by atoms with Crippen LogP contribution in [-0.2, 0) is 6.54 Å². The van der Waals surface area contributed by atoms with Crippen LogP contribution < -0.4 is 0 Å². The first kappa shape index (κ1) is 17.3. The van der Waals surface area contributed by atoms with Crippen molar-refractivity contribution in [3.05, 3.63) is 52.5 Å². The molecule has 2 unspecified atom stereocenters. The van der Waals surface area contributed by atoms with Crippen LogP contribution in [0.15, 0.2) is 41.2 Å². The zero-order valence-corrected chi connectivity index (χ0v) is 16.4. The number of likely N-dealkylation sites (tertiary alicyclic amines) is 3. The number of fused-ring (bicyclic) bond motifs is 1. The maximum absolute atomic E-state index is 12.6. The molecule has 2 atom stereocenters. The average molecular weight is 383 g/mol. The van der Waals surface area contributed by atoms with Crippen molar-refractivity contribution < 1.29 is 4.79 Å². The van der Waals surface area contributed by atoms with E-state index in [1.54, 1.807) is 5.51 Å². The summed E-state index contributed by atoms with van der Waals surface area (Å²) in [5, 5.41) is 1.86. The second-order valence-corrected chi connectivity index (χ2v) is 8.82. The quantitative estimate of drug-likeness (QED) is 0.815. The van der Waals surface area contributed by atoms with Crippen LogP contribution in [0.2, 0.25) is 0 Å². The van der Waals surface area contributed by atoms with E-state index in [1.165, 1.54) is 42.8 Å². The van der Waals surface area contributed by atoms with Crippen molar-refractivity contribution in [1.29, 1.82) is 0 Å². The van der Waals surface area contributed by atoms with Gasteiger partial charge in [0.2, 0.25) is 0 Å². The fourth-order valence-electron chi connectivity index (χ4n) is 4.99. The standard InChI is InChI=1S/C21H26N4OS/c26-21(19-14-27-15-22-19)24-11-17-12-25(20(17)13-24)18-6-8-23(9-7-18)10-16-4-2-1-3-5-16/h1-5,14-15,17-18,20H,6-13H2. The first-order chi connectivity index (χ1) is 13.3. The molecule has 3 aliphatic rings. The summed E-state index contributed by atoms with van der Waals surface area (Å²) in [5.41, 5.74) is 3.77. The Hall–Kier alpha value is -1.76. The average Bonchev–Trinajstić information content (AvgIpc) is 3.33. The van der Waals surface area contributed by atoms with Gasteiger partial charge in [0.25, 0.3) is 5.91 Å². The highest BCUT2D eigenvalue weighted by Crippen LogP contribution is 2.37. The summed E-state index contributed by atoms with van der Waals surface area (Å²) in [5.74, 6) is 0.776. The summed E-state index contributed by atoms with van der Waals surface area (Å²) in [7, 11) is 0. The minimum Gasteiger partial charge on any atom is -0.335 e. The number of amides is 1. The molecule has 5 rings (SSSR count). The highest BCUT2D eigenvalue weighted by atomic mass is 32.1. The SMILES string of the molecule is O=C(c1cscn1)N1CC2CN(C3CCN(Cc4ccccc4)CC3)C2C1. The van der Waals surface area contributed by atoms with Gasteiger partial charge in [-0.3, -0.25) is 14.6 Å². The van der Waals surface area contributed by atoms with Crippen molar-refractivity contribution in [2.24, 2.45) is 5.92 Å². The zero-order valence-electron chi connectivity index (χ0n) is 15.5. The molecule has 1 aromatic heterocycles. The molecular weight excluding hydrogens is 356 g/mol. The molecule has 1 aromatic carbocycles. The highest BCUT2D eigenvalue weighted by molar-refractivity contribution is 7.07. The van der Waals surface area contributed by atoms with E-state index in [1.807, 2.05) is 10.3 Å². The molecule has 142 valence electrons. The van der Waals surface area contributed by atoms with E-state index in [9.17, 15) is 4.79 Å². The van der Waals surface area contributed by atoms with Crippen molar-refractivity contribution >= 4 is 17.2 Å². The summed E-state index contributed by atoms with van der Waals surface area (Å²) in [6, 6.07) is 12.0. The number of hydrogen-bond donors (Lipinski definition) is 0. The van der Waals surface area contributed by atoms with E-state index >= 15 is 0 Å². The molecule has 3 fully saturated rings. The number of piperidine rings is 1. The number of carbonyl (C=O) groups excluding carboxylic acids is 1. The van der Waals surface area contributed by atoms with Crippen molar-refractivity contribution in [2.45, 2.75) is 31.5 Å². The van der Waals surface area contributed by atoms with Crippen molar-refractivity contribution in [3.8, 4) is 0 Å². The molecule has 5 nitrogen and oxygen atoms in total. The van der Waals surface area contributed by atoms with Crippen LogP contribution in [0.1, 0.15) is 28.9 Å². The number of thiazole rings is 1. The minimum atomic E-state index is 0.114. The number of rotatable bonds is 4. The fraction of sp³-hybridized carbons (Fsp3) is 0.524. The van der Waals surface area contributed by atoms with Gasteiger partial charge < -0.3 is 4.90 Å². The third-order valence-electron chi connectivity index (χ3n) is 6.49. The Morgan fingerprint density at radius 3 is 2.67 bits per heavy atom. The first-order valence-electron chi connectivity index (χ1n) is 9.97. The van der Waals surface area contributed by atoms with Gasteiger partial charge in [-0.2, -0.15) is 0 Å². The maximum atomic E-state index is 12.6. The lowest BCUT2D eigenvalue weighted by Crippen LogP contribution is -2.61. The van der Waals surface area contributed by atoms with Crippen LogP contribution >= 0.6 is 11.3 Å². The lowest BCUT2D eigenvalue weighted by atomic mass is 9.87. The maximum Gasteiger partial charge on any atom is 0.273 e. The van der Waals surface area contributed by atoms with E-state index < -0.39 is 0 Å². The topological polar surface area (TPSA) is 39.7 Å². The van der Waals surface area contributed by atoms with Crippen LogP contribution in [0.5, 0.6) is 0 Å². The molecule has 3 saturated heterocycles. The monoisotopic (exact) mass is 382 g/mol. The van der Waals surface area contributed by atoms with Crippen molar-refractivity contribution in [2.75, 3.05) is 32.7 Å². The molecular formula is C21H26N4OS. The van der Waals surface area contributed by atoms with Crippen LogP contribution in [0.4, 0.5) is 0 Å². The van der Waals surface area contributed by atoms with Crippen LogP contribution in [0, 0.1) is 5.92 Å². The smallest absolute Gasteiger partial charge is 0.273 e. The number of hydrogen-bond acceptors (Lipinski definition) is 5. The van der Waals surface area contributed by atoms with Gasteiger partial charge >= 0.3 is 0 Å². The molecule has 27 heavy (non-hydrogen) atoms. The molecule has 0 radical (unpaired) electrons. The molecule has 6 heteroatoms. The van der Waals surface area contributed by atoms with Gasteiger partial charge in [-0.15, -0.1) is 11.3 Å². The molecule has 1 amide bonds. The molecule has 0 saturated carbocycles. The van der Waals surface area contributed by atoms with E-state index in [0.717, 1.165) is 26.2 Å². The zero-order chi connectivity index (χ0) is 18.2. The van der Waals surface area contributed by atoms with E-state index in [4.69, 9.17) is 0 Å². The van der Waals surface area contributed by atoms with Gasteiger partial charge in [-0.05, 0) is 31.5 Å². The molecule has 0 aliphatic carbocycles. The second kappa shape index (κ2) is 7.34. The Kier molecular flexibility index (Phi) is 4.71. The predicted molar refractivity (Wildman–Crippen MR) is 107 cm³/mol. The Balaban J connectivity index is 1.13. The van der Waals surface area contributed by atoms with Crippen LogP contribution in [-0.4, -0.2) is 70.4 Å². The molecule has 3 aliphatic heterocycles. The van der Waals surface area contributed by atoms with Gasteiger partial charge in [0.15, 0.2) is 0 Å². The van der Waals surface area contributed by atoms with Crippen LogP contribution in [0.3, 0.4) is 0 Å².